The highest BCUT2D eigenvalue weighted by molar-refractivity contribution is 5.66. The van der Waals surface area contributed by atoms with Gasteiger partial charge in [0.25, 0.3) is 0 Å². The zero-order chi connectivity index (χ0) is 9.52. The van der Waals surface area contributed by atoms with E-state index in [1.165, 1.54) is 25.7 Å². The molecule has 0 unspecified atom stereocenters. The van der Waals surface area contributed by atoms with Gasteiger partial charge in [0, 0.05) is 12.5 Å². The topological polar surface area (TPSA) is 49.3 Å². The van der Waals surface area contributed by atoms with Gasteiger partial charge in [-0.2, -0.15) is 0 Å². The zero-order valence-corrected chi connectivity index (χ0v) is 8.09. The van der Waals surface area contributed by atoms with Crippen LogP contribution in [0.2, 0.25) is 0 Å². The maximum atomic E-state index is 10.2. The van der Waals surface area contributed by atoms with Crippen LogP contribution in [-0.2, 0) is 4.79 Å². The second kappa shape index (κ2) is 5.97. The van der Waals surface area contributed by atoms with Crippen molar-refractivity contribution in [3.05, 3.63) is 0 Å². The fourth-order valence-corrected chi connectivity index (χ4v) is 1.84. The largest absolute Gasteiger partial charge is 0.481 e. The molecule has 0 atom stereocenters. The number of nitrogens with one attached hydrogen (secondary N) is 1. The second-order valence-electron chi connectivity index (χ2n) is 3.79. The third kappa shape index (κ3) is 4.88. The molecule has 1 rings (SSSR count). The maximum Gasteiger partial charge on any atom is 0.303 e. The molecule has 0 bridgehead atoms. The number of hydrogen-bond acceptors (Lipinski definition) is 2. The zero-order valence-electron chi connectivity index (χ0n) is 8.09. The van der Waals surface area contributed by atoms with E-state index in [4.69, 9.17) is 5.11 Å². The summed E-state index contributed by atoms with van der Waals surface area (Å²) in [6, 6.07) is 0.713. The summed E-state index contributed by atoms with van der Waals surface area (Å²) in [5.41, 5.74) is 0. The van der Waals surface area contributed by atoms with Gasteiger partial charge in [0.05, 0.1) is 0 Å². The van der Waals surface area contributed by atoms with Crippen molar-refractivity contribution in [3.63, 3.8) is 0 Å². The lowest BCUT2D eigenvalue weighted by Crippen LogP contribution is -2.26. The fraction of sp³-hybridized carbons (Fsp3) is 0.900. The first-order chi connectivity index (χ1) is 6.29. The van der Waals surface area contributed by atoms with Gasteiger partial charge in [-0.1, -0.05) is 12.8 Å². The SMILES string of the molecule is O=C(O)CCCCNC1CCCC1. The molecule has 0 spiro atoms. The molecule has 0 aliphatic heterocycles. The Morgan fingerprint density at radius 2 is 2.00 bits per heavy atom. The van der Waals surface area contributed by atoms with Gasteiger partial charge in [-0.05, 0) is 32.2 Å². The van der Waals surface area contributed by atoms with Crippen LogP contribution >= 0.6 is 0 Å². The Labute approximate surface area is 79.5 Å². The van der Waals surface area contributed by atoms with Crippen LogP contribution in [0.3, 0.4) is 0 Å². The molecule has 1 saturated carbocycles. The van der Waals surface area contributed by atoms with Gasteiger partial charge in [-0.3, -0.25) is 4.79 Å². The van der Waals surface area contributed by atoms with E-state index in [0.29, 0.717) is 12.5 Å². The van der Waals surface area contributed by atoms with E-state index >= 15 is 0 Å². The summed E-state index contributed by atoms with van der Waals surface area (Å²) in [4.78, 5) is 10.2. The molecule has 13 heavy (non-hydrogen) atoms. The molecule has 1 aliphatic rings. The first-order valence-electron chi connectivity index (χ1n) is 5.24. The summed E-state index contributed by atoms with van der Waals surface area (Å²) in [6.45, 7) is 0.984. The molecular formula is C10H19NO2. The van der Waals surface area contributed by atoms with Crippen LogP contribution < -0.4 is 5.32 Å². The van der Waals surface area contributed by atoms with Crippen LogP contribution in [0.25, 0.3) is 0 Å². The molecule has 0 aromatic carbocycles. The highest BCUT2D eigenvalue weighted by Gasteiger charge is 2.13. The Balaban J connectivity index is 1.86. The Morgan fingerprint density at radius 3 is 2.62 bits per heavy atom. The van der Waals surface area contributed by atoms with E-state index in [9.17, 15) is 4.79 Å². The molecule has 76 valence electrons. The number of unbranched alkanes of at least 4 members (excludes halogenated alkanes) is 1. The third-order valence-electron chi connectivity index (χ3n) is 2.61. The number of hydrogen-bond donors (Lipinski definition) is 2. The van der Waals surface area contributed by atoms with Crippen LogP contribution in [0.5, 0.6) is 0 Å². The van der Waals surface area contributed by atoms with E-state index in [2.05, 4.69) is 5.32 Å². The van der Waals surface area contributed by atoms with E-state index in [0.717, 1.165) is 19.4 Å². The fourth-order valence-electron chi connectivity index (χ4n) is 1.84. The van der Waals surface area contributed by atoms with Crippen LogP contribution in [0, 0.1) is 0 Å². The van der Waals surface area contributed by atoms with Gasteiger partial charge in [0.2, 0.25) is 0 Å². The quantitative estimate of drug-likeness (QED) is 0.620. The molecule has 0 amide bonds. The Hall–Kier alpha value is -0.570. The van der Waals surface area contributed by atoms with Crippen LogP contribution in [-0.4, -0.2) is 23.7 Å². The average Bonchev–Trinajstić information content (AvgIpc) is 2.55. The average molecular weight is 185 g/mol. The predicted octanol–water partition coefficient (Wildman–Crippen LogP) is 1.77. The Kier molecular flexibility index (Phi) is 4.83. The van der Waals surface area contributed by atoms with Crippen LogP contribution in [0.1, 0.15) is 44.9 Å². The number of rotatable bonds is 6. The molecule has 0 aromatic rings. The molecule has 0 radical (unpaired) electrons. The van der Waals surface area contributed by atoms with E-state index in [1.807, 2.05) is 0 Å². The van der Waals surface area contributed by atoms with Crippen molar-refractivity contribution in [2.45, 2.75) is 51.0 Å². The predicted molar refractivity (Wildman–Crippen MR) is 51.7 cm³/mol. The van der Waals surface area contributed by atoms with Crippen LogP contribution in [0.15, 0.2) is 0 Å². The highest BCUT2D eigenvalue weighted by Crippen LogP contribution is 2.17. The molecule has 1 fully saturated rings. The van der Waals surface area contributed by atoms with Gasteiger partial charge < -0.3 is 10.4 Å². The van der Waals surface area contributed by atoms with E-state index < -0.39 is 5.97 Å². The molecule has 2 N–H and O–H groups in total. The van der Waals surface area contributed by atoms with Crippen molar-refractivity contribution in [1.82, 2.24) is 5.32 Å². The summed E-state index contributed by atoms with van der Waals surface area (Å²) in [5.74, 6) is -0.680. The van der Waals surface area contributed by atoms with Crippen LogP contribution in [0.4, 0.5) is 0 Å². The minimum absolute atomic E-state index is 0.312. The molecule has 0 aromatic heterocycles. The number of carbonyl (C=O) groups is 1. The molecule has 3 heteroatoms. The second-order valence-corrected chi connectivity index (χ2v) is 3.79. The van der Waals surface area contributed by atoms with Crippen molar-refractivity contribution < 1.29 is 9.90 Å². The lowest BCUT2D eigenvalue weighted by Gasteiger charge is -2.10. The summed E-state index contributed by atoms with van der Waals surface area (Å²) in [6.07, 6.45) is 7.42. The van der Waals surface area contributed by atoms with Crippen molar-refractivity contribution in [2.24, 2.45) is 0 Å². The summed E-state index contributed by atoms with van der Waals surface area (Å²) < 4.78 is 0. The molecule has 1 aliphatic carbocycles. The summed E-state index contributed by atoms with van der Waals surface area (Å²) in [5, 5.41) is 11.9. The van der Waals surface area contributed by atoms with Crippen molar-refractivity contribution in [1.29, 1.82) is 0 Å². The first-order valence-corrected chi connectivity index (χ1v) is 5.24. The normalized spacial score (nSPS) is 17.8. The number of aliphatic carboxylic acids is 1. The molecule has 0 saturated heterocycles. The monoisotopic (exact) mass is 185 g/mol. The smallest absolute Gasteiger partial charge is 0.303 e. The van der Waals surface area contributed by atoms with Gasteiger partial charge in [-0.15, -0.1) is 0 Å². The highest BCUT2D eigenvalue weighted by atomic mass is 16.4. The Bertz CT molecular complexity index is 153. The number of carboxylic acid groups (broad SMARTS) is 1. The van der Waals surface area contributed by atoms with Crippen molar-refractivity contribution in [3.8, 4) is 0 Å². The first kappa shape index (κ1) is 10.5. The molecular weight excluding hydrogens is 166 g/mol. The van der Waals surface area contributed by atoms with Gasteiger partial charge in [0.15, 0.2) is 0 Å². The summed E-state index contributed by atoms with van der Waals surface area (Å²) >= 11 is 0. The lowest BCUT2D eigenvalue weighted by atomic mass is 10.2. The van der Waals surface area contributed by atoms with Gasteiger partial charge >= 0.3 is 5.97 Å². The van der Waals surface area contributed by atoms with Crippen molar-refractivity contribution in [2.75, 3.05) is 6.54 Å². The van der Waals surface area contributed by atoms with E-state index in [1.54, 1.807) is 0 Å². The van der Waals surface area contributed by atoms with Gasteiger partial charge in [-0.25, -0.2) is 0 Å². The minimum atomic E-state index is -0.680. The lowest BCUT2D eigenvalue weighted by molar-refractivity contribution is -0.137. The Morgan fingerprint density at radius 1 is 1.31 bits per heavy atom. The minimum Gasteiger partial charge on any atom is -0.481 e. The molecule has 3 nitrogen and oxygen atoms in total. The third-order valence-corrected chi connectivity index (χ3v) is 2.61. The van der Waals surface area contributed by atoms with Crippen molar-refractivity contribution >= 4 is 5.97 Å². The molecule has 0 heterocycles. The van der Waals surface area contributed by atoms with E-state index in [-0.39, 0.29) is 0 Å². The standard InChI is InChI=1S/C10H19NO2/c12-10(13)7-3-4-8-11-9-5-1-2-6-9/h9,11H,1-8H2,(H,12,13). The maximum absolute atomic E-state index is 10.2. The number of carboxylic acids is 1. The van der Waals surface area contributed by atoms with Gasteiger partial charge in [0.1, 0.15) is 0 Å². The summed E-state index contributed by atoms with van der Waals surface area (Å²) in [7, 11) is 0.